The Balaban J connectivity index is 1.71. The topological polar surface area (TPSA) is 73.2 Å². The zero-order valence-electron chi connectivity index (χ0n) is 15.4. The minimum atomic E-state index is -1.67. The molecule has 0 amide bonds. The van der Waals surface area contributed by atoms with Crippen molar-refractivity contribution in [2.24, 2.45) is 0 Å². The van der Waals surface area contributed by atoms with Gasteiger partial charge in [-0.2, -0.15) is 0 Å². The lowest BCUT2D eigenvalue weighted by molar-refractivity contribution is -0.109. The van der Waals surface area contributed by atoms with Crippen LogP contribution >= 0.6 is 11.6 Å². The molecule has 1 heterocycles. The Morgan fingerprint density at radius 3 is 2.48 bits per heavy atom. The third-order valence-electron chi connectivity index (χ3n) is 5.01. The van der Waals surface area contributed by atoms with E-state index in [9.17, 15) is 23.4 Å². The van der Waals surface area contributed by atoms with Gasteiger partial charge in [-0.1, -0.05) is 11.6 Å². The van der Waals surface area contributed by atoms with Gasteiger partial charge in [0.25, 0.3) is 0 Å². The standard InChI is InChI=1S/C20H21ClF3NO4/c21-13-8-15(23)19(16(24)9-13)25-5-4-20(28,18(27)10-25)11-29-17-2-1-14(22)7-12(17)3-6-26/h1-2,7-9,18,26-28H,3-6,10-11H2/t18-,20-/m1/s1. The fourth-order valence-corrected chi connectivity index (χ4v) is 3.57. The molecule has 2 aromatic rings. The van der Waals surface area contributed by atoms with Crippen LogP contribution in [-0.4, -0.2) is 53.3 Å². The Hall–Kier alpha value is -2.00. The van der Waals surface area contributed by atoms with Crippen molar-refractivity contribution in [2.45, 2.75) is 24.5 Å². The number of nitrogens with zero attached hydrogens (tertiary/aromatic N) is 1. The molecule has 1 aliphatic rings. The first-order chi connectivity index (χ1) is 13.7. The van der Waals surface area contributed by atoms with Crippen molar-refractivity contribution >= 4 is 17.3 Å². The molecule has 3 rings (SSSR count). The van der Waals surface area contributed by atoms with Gasteiger partial charge in [0.05, 0.1) is 0 Å². The Labute approximate surface area is 170 Å². The number of piperidine rings is 1. The minimum absolute atomic E-state index is 0.0216. The van der Waals surface area contributed by atoms with E-state index in [-0.39, 0.29) is 55.6 Å². The maximum absolute atomic E-state index is 14.1. The van der Waals surface area contributed by atoms with Gasteiger partial charge in [-0.25, -0.2) is 13.2 Å². The monoisotopic (exact) mass is 431 g/mol. The number of aliphatic hydroxyl groups excluding tert-OH is 2. The molecule has 0 aliphatic carbocycles. The van der Waals surface area contributed by atoms with Gasteiger partial charge in [0.15, 0.2) is 11.6 Å². The molecule has 0 spiro atoms. The molecule has 0 aromatic heterocycles. The molecule has 3 N–H and O–H groups in total. The van der Waals surface area contributed by atoms with Crippen LogP contribution in [0.25, 0.3) is 0 Å². The van der Waals surface area contributed by atoms with Crippen LogP contribution in [-0.2, 0) is 6.42 Å². The number of anilines is 1. The van der Waals surface area contributed by atoms with Crippen molar-refractivity contribution in [3.8, 4) is 5.75 Å². The van der Waals surface area contributed by atoms with Gasteiger partial charge in [-0.05, 0) is 48.7 Å². The lowest BCUT2D eigenvalue weighted by Crippen LogP contribution is -2.58. The molecule has 2 atom stereocenters. The normalized spacial score (nSPS) is 22.0. The van der Waals surface area contributed by atoms with Gasteiger partial charge < -0.3 is 25.0 Å². The predicted octanol–water partition coefficient (Wildman–Crippen LogP) is 2.67. The Morgan fingerprint density at radius 1 is 1.17 bits per heavy atom. The smallest absolute Gasteiger partial charge is 0.151 e. The first-order valence-electron chi connectivity index (χ1n) is 9.05. The van der Waals surface area contributed by atoms with Gasteiger partial charge in [-0.3, -0.25) is 0 Å². The molecule has 0 bridgehead atoms. The maximum atomic E-state index is 14.1. The molecular formula is C20H21ClF3NO4. The van der Waals surface area contributed by atoms with Gasteiger partial charge in [0, 0.05) is 24.7 Å². The van der Waals surface area contributed by atoms with Crippen LogP contribution in [0.4, 0.5) is 18.9 Å². The first kappa shape index (κ1) is 21.7. The number of ether oxygens (including phenoxy) is 1. The fourth-order valence-electron chi connectivity index (χ4n) is 3.38. The first-order valence-corrected chi connectivity index (χ1v) is 9.43. The summed E-state index contributed by atoms with van der Waals surface area (Å²) >= 11 is 5.64. The van der Waals surface area contributed by atoms with E-state index in [0.29, 0.717) is 5.56 Å². The van der Waals surface area contributed by atoms with E-state index in [0.717, 1.165) is 12.1 Å². The quantitative estimate of drug-likeness (QED) is 0.656. The number of aliphatic hydroxyl groups is 3. The Morgan fingerprint density at radius 2 is 1.86 bits per heavy atom. The highest BCUT2D eigenvalue weighted by atomic mass is 35.5. The van der Waals surface area contributed by atoms with Crippen LogP contribution in [0.5, 0.6) is 5.75 Å². The van der Waals surface area contributed by atoms with Crippen LogP contribution in [0.3, 0.4) is 0 Å². The van der Waals surface area contributed by atoms with Gasteiger partial charge >= 0.3 is 0 Å². The Kier molecular flexibility index (Phi) is 6.58. The van der Waals surface area contributed by atoms with E-state index in [1.807, 2.05) is 0 Å². The molecule has 5 nitrogen and oxygen atoms in total. The lowest BCUT2D eigenvalue weighted by Gasteiger charge is -2.42. The van der Waals surface area contributed by atoms with E-state index in [4.69, 9.17) is 21.4 Å². The average molecular weight is 432 g/mol. The number of benzene rings is 2. The second-order valence-corrected chi connectivity index (χ2v) is 7.48. The van der Waals surface area contributed by atoms with Crippen molar-refractivity contribution in [3.63, 3.8) is 0 Å². The summed E-state index contributed by atoms with van der Waals surface area (Å²) in [5.74, 6) is -1.93. The average Bonchev–Trinajstić information content (AvgIpc) is 2.64. The van der Waals surface area contributed by atoms with Gasteiger partial charge in [0.2, 0.25) is 0 Å². The summed E-state index contributed by atoms with van der Waals surface area (Å²) in [4.78, 5) is 1.30. The third-order valence-corrected chi connectivity index (χ3v) is 5.23. The van der Waals surface area contributed by atoms with Crippen molar-refractivity contribution in [1.82, 2.24) is 0 Å². The summed E-state index contributed by atoms with van der Waals surface area (Å²) in [5, 5.41) is 30.3. The van der Waals surface area contributed by atoms with Crippen LogP contribution in [0.1, 0.15) is 12.0 Å². The van der Waals surface area contributed by atoms with Crippen molar-refractivity contribution in [2.75, 3.05) is 31.2 Å². The van der Waals surface area contributed by atoms with E-state index in [1.54, 1.807) is 0 Å². The van der Waals surface area contributed by atoms with E-state index in [1.165, 1.54) is 23.1 Å². The molecule has 0 saturated carbocycles. The molecule has 0 unspecified atom stereocenters. The van der Waals surface area contributed by atoms with E-state index < -0.39 is 29.2 Å². The van der Waals surface area contributed by atoms with Gasteiger partial charge in [0.1, 0.15) is 35.6 Å². The SMILES string of the molecule is OCCc1cc(F)ccc1OC[C@]1(O)CCN(c2c(F)cc(Cl)cc2F)C[C@H]1O. The highest BCUT2D eigenvalue weighted by Crippen LogP contribution is 2.33. The fraction of sp³-hybridized carbons (Fsp3) is 0.400. The summed E-state index contributed by atoms with van der Waals surface area (Å²) in [5.41, 5.74) is -1.56. The molecule has 0 radical (unpaired) electrons. The second kappa shape index (κ2) is 8.79. The summed E-state index contributed by atoms with van der Waals surface area (Å²) in [6, 6.07) is 5.75. The zero-order valence-corrected chi connectivity index (χ0v) is 16.2. The van der Waals surface area contributed by atoms with Crippen LogP contribution < -0.4 is 9.64 Å². The van der Waals surface area contributed by atoms with Crippen molar-refractivity contribution in [3.05, 3.63) is 58.4 Å². The number of β-amino-alcohol motifs (C(OH)–C–C–N with tert-alkyl or cyclic N) is 1. The highest BCUT2D eigenvalue weighted by Gasteiger charge is 2.42. The summed E-state index contributed by atoms with van der Waals surface area (Å²) in [6.07, 6.45) is -1.21. The molecule has 9 heteroatoms. The van der Waals surface area contributed by atoms with Crippen LogP contribution in [0.15, 0.2) is 30.3 Å². The molecule has 1 saturated heterocycles. The largest absolute Gasteiger partial charge is 0.490 e. The maximum Gasteiger partial charge on any atom is 0.151 e. The Bertz CT molecular complexity index is 862. The molecule has 1 aliphatic heterocycles. The summed E-state index contributed by atoms with van der Waals surface area (Å²) < 4.78 is 47.3. The zero-order chi connectivity index (χ0) is 21.2. The van der Waals surface area contributed by atoms with Crippen molar-refractivity contribution in [1.29, 1.82) is 0 Å². The molecule has 1 fully saturated rings. The highest BCUT2D eigenvalue weighted by molar-refractivity contribution is 6.30. The summed E-state index contributed by atoms with van der Waals surface area (Å²) in [7, 11) is 0. The number of halogens is 4. The lowest BCUT2D eigenvalue weighted by atomic mass is 9.89. The summed E-state index contributed by atoms with van der Waals surface area (Å²) in [6.45, 7) is -0.668. The second-order valence-electron chi connectivity index (χ2n) is 7.05. The number of hydrogen-bond donors (Lipinski definition) is 3. The molecular weight excluding hydrogens is 411 g/mol. The molecule has 158 valence electrons. The minimum Gasteiger partial charge on any atom is -0.490 e. The molecule has 2 aromatic carbocycles. The van der Waals surface area contributed by atoms with Crippen molar-refractivity contribution < 1.29 is 33.2 Å². The van der Waals surface area contributed by atoms with Gasteiger partial charge in [-0.15, -0.1) is 0 Å². The van der Waals surface area contributed by atoms with E-state index in [2.05, 4.69) is 0 Å². The third kappa shape index (κ3) is 4.78. The van der Waals surface area contributed by atoms with E-state index >= 15 is 0 Å². The number of rotatable bonds is 6. The molecule has 29 heavy (non-hydrogen) atoms. The van der Waals surface area contributed by atoms with Crippen LogP contribution in [0, 0.1) is 17.5 Å². The van der Waals surface area contributed by atoms with Crippen LogP contribution in [0.2, 0.25) is 5.02 Å². The number of hydrogen-bond acceptors (Lipinski definition) is 5. The predicted molar refractivity (Wildman–Crippen MR) is 102 cm³/mol.